The second-order valence-electron chi connectivity index (χ2n) is 3.96. The summed E-state index contributed by atoms with van der Waals surface area (Å²) in [4.78, 5) is 8.29. The molecule has 0 aliphatic heterocycles. The average molecular weight is 297 g/mol. The van der Waals surface area contributed by atoms with E-state index in [2.05, 4.69) is 27.5 Å². The Morgan fingerprint density at radius 1 is 1.11 bits per heavy atom. The number of hydrogen-bond acceptors (Lipinski definition) is 4. The molecule has 0 spiro atoms. The van der Waals surface area contributed by atoms with Crippen molar-refractivity contribution in [2.45, 2.75) is 13.3 Å². The van der Waals surface area contributed by atoms with Gasteiger partial charge in [-0.1, -0.05) is 30.1 Å². The zero-order valence-electron chi connectivity index (χ0n) is 10.5. The Balaban J connectivity index is 2.16. The predicted octanol–water partition coefficient (Wildman–Crippen LogP) is 4.35. The molecular formula is C13H14Cl2N4. The Morgan fingerprint density at radius 3 is 2.68 bits per heavy atom. The van der Waals surface area contributed by atoms with E-state index in [9.17, 15) is 0 Å². The largest absolute Gasteiger partial charge is 0.370 e. The first kappa shape index (κ1) is 13.9. The molecular weight excluding hydrogens is 283 g/mol. The maximum atomic E-state index is 6.09. The second-order valence-corrected chi connectivity index (χ2v) is 4.81. The van der Waals surface area contributed by atoms with Crippen LogP contribution in [0.15, 0.2) is 30.6 Å². The van der Waals surface area contributed by atoms with Crippen molar-refractivity contribution >= 4 is 40.5 Å². The molecule has 100 valence electrons. The minimum absolute atomic E-state index is 0.589. The molecule has 0 amide bonds. The summed E-state index contributed by atoms with van der Waals surface area (Å²) < 4.78 is 0. The molecule has 0 radical (unpaired) electrons. The van der Waals surface area contributed by atoms with Crippen LogP contribution in [0.5, 0.6) is 0 Å². The van der Waals surface area contributed by atoms with E-state index in [1.165, 1.54) is 6.33 Å². The fourth-order valence-corrected chi connectivity index (χ4v) is 1.84. The van der Waals surface area contributed by atoms with Gasteiger partial charge in [0.05, 0.1) is 10.7 Å². The third-order valence-corrected chi connectivity index (χ3v) is 2.98. The Morgan fingerprint density at radius 2 is 1.89 bits per heavy atom. The summed E-state index contributed by atoms with van der Waals surface area (Å²) in [5.74, 6) is 1.44. The van der Waals surface area contributed by atoms with Gasteiger partial charge in [0.25, 0.3) is 0 Å². The van der Waals surface area contributed by atoms with E-state index in [1.54, 1.807) is 18.2 Å². The molecule has 4 nitrogen and oxygen atoms in total. The predicted molar refractivity (Wildman–Crippen MR) is 80.6 cm³/mol. The van der Waals surface area contributed by atoms with E-state index in [1.807, 2.05) is 6.07 Å². The molecule has 2 rings (SSSR count). The van der Waals surface area contributed by atoms with Gasteiger partial charge in [-0.05, 0) is 24.6 Å². The van der Waals surface area contributed by atoms with Crippen molar-refractivity contribution in [1.29, 1.82) is 0 Å². The van der Waals surface area contributed by atoms with Crippen LogP contribution in [0, 0.1) is 0 Å². The zero-order chi connectivity index (χ0) is 13.7. The molecule has 0 fully saturated rings. The summed E-state index contributed by atoms with van der Waals surface area (Å²) in [6.07, 6.45) is 2.53. The zero-order valence-corrected chi connectivity index (χ0v) is 12.0. The van der Waals surface area contributed by atoms with Crippen LogP contribution in [-0.2, 0) is 0 Å². The molecule has 19 heavy (non-hydrogen) atoms. The average Bonchev–Trinajstić information content (AvgIpc) is 2.41. The van der Waals surface area contributed by atoms with Crippen LogP contribution in [0.25, 0.3) is 0 Å². The van der Waals surface area contributed by atoms with Crippen molar-refractivity contribution in [1.82, 2.24) is 9.97 Å². The van der Waals surface area contributed by atoms with Crippen molar-refractivity contribution < 1.29 is 0 Å². The van der Waals surface area contributed by atoms with Crippen molar-refractivity contribution in [2.24, 2.45) is 0 Å². The molecule has 2 N–H and O–H groups in total. The van der Waals surface area contributed by atoms with Gasteiger partial charge in [0.2, 0.25) is 0 Å². The molecule has 0 bridgehead atoms. The number of anilines is 3. The number of rotatable bonds is 5. The Hall–Kier alpha value is -1.52. The second kappa shape index (κ2) is 6.59. The summed E-state index contributed by atoms with van der Waals surface area (Å²) in [5.41, 5.74) is 0.717. The van der Waals surface area contributed by atoms with Crippen LogP contribution in [0.3, 0.4) is 0 Å². The molecule has 1 heterocycles. The third kappa shape index (κ3) is 3.98. The van der Waals surface area contributed by atoms with Crippen LogP contribution < -0.4 is 10.6 Å². The fraction of sp³-hybridized carbons (Fsp3) is 0.231. The van der Waals surface area contributed by atoms with Crippen LogP contribution in [0.2, 0.25) is 10.0 Å². The highest BCUT2D eigenvalue weighted by molar-refractivity contribution is 6.35. The molecule has 0 aliphatic rings. The first-order valence-corrected chi connectivity index (χ1v) is 6.72. The highest BCUT2D eigenvalue weighted by atomic mass is 35.5. The van der Waals surface area contributed by atoms with E-state index < -0.39 is 0 Å². The van der Waals surface area contributed by atoms with Gasteiger partial charge in [-0.2, -0.15) is 0 Å². The molecule has 0 atom stereocenters. The Labute approximate surface area is 122 Å². The van der Waals surface area contributed by atoms with Gasteiger partial charge in [0.1, 0.15) is 18.0 Å². The summed E-state index contributed by atoms with van der Waals surface area (Å²) in [6.45, 7) is 2.97. The SMILES string of the molecule is CCCNc1cc(Nc2cc(Cl)ccc2Cl)ncn1. The highest BCUT2D eigenvalue weighted by Gasteiger charge is 2.04. The van der Waals surface area contributed by atoms with Gasteiger partial charge < -0.3 is 10.6 Å². The quantitative estimate of drug-likeness (QED) is 0.861. The van der Waals surface area contributed by atoms with Gasteiger partial charge in [0, 0.05) is 17.6 Å². The smallest absolute Gasteiger partial charge is 0.135 e. The Bertz CT molecular complexity index is 560. The van der Waals surface area contributed by atoms with Crippen molar-refractivity contribution in [3.05, 3.63) is 40.6 Å². The number of halogens is 2. The first-order chi connectivity index (χ1) is 9.19. The van der Waals surface area contributed by atoms with Gasteiger partial charge >= 0.3 is 0 Å². The number of aromatic nitrogens is 2. The fourth-order valence-electron chi connectivity index (χ4n) is 1.51. The van der Waals surface area contributed by atoms with Crippen LogP contribution >= 0.6 is 23.2 Å². The van der Waals surface area contributed by atoms with Crippen LogP contribution in [0.1, 0.15) is 13.3 Å². The maximum absolute atomic E-state index is 6.09. The lowest BCUT2D eigenvalue weighted by molar-refractivity contribution is 0.965. The van der Waals surface area contributed by atoms with Gasteiger partial charge in [-0.15, -0.1) is 0 Å². The number of nitrogens with one attached hydrogen (secondary N) is 2. The van der Waals surface area contributed by atoms with Crippen LogP contribution in [-0.4, -0.2) is 16.5 Å². The molecule has 0 unspecified atom stereocenters. The molecule has 0 aliphatic carbocycles. The molecule has 1 aromatic carbocycles. The van der Waals surface area contributed by atoms with Gasteiger partial charge in [0.15, 0.2) is 0 Å². The van der Waals surface area contributed by atoms with E-state index in [-0.39, 0.29) is 0 Å². The Kier molecular flexibility index (Phi) is 4.82. The summed E-state index contributed by atoms with van der Waals surface area (Å²) >= 11 is 12.0. The minimum Gasteiger partial charge on any atom is -0.370 e. The van der Waals surface area contributed by atoms with Crippen molar-refractivity contribution in [3.63, 3.8) is 0 Å². The summed E-state index contributed by atoms with van der Waals surface area (Å²) in [5, 5.41) is 7.52. The van der Waals surface area contributed by atoms with Crippen LogP contribution in [0.4, 0.5) is 17.3 Å². The molecule has 0 saturated heterocycles. The minimum atomic E-state index is 0.589. The van der Waals surface area contributed by atoms with E-state index in [0.29, 0.717) is 21.6 Å². The molecule has 1 aromatic heterocycles. The lowest BCUT2D eigenvalue weighted by atomic mass is 10.3. The topological polar surface area (TPSA) is 49.8 Å². The number of benzene rings is 1. The highest BCUT2D eigenvalue weighted by Crippen LogP contribution is 2.28. The third-order valence-electron chi connectivity index (χ3n) is 2.41. The first-order valence-electron chi connectivity index (χ1n) is 5.97. The monoisotopic (exact) mass is 296 g/mol. The maximum Gasteiger partial charge on any atom is 0.135 e. The van der Waals surface area contributed by atoms with Crippen molar-refractivity contribution in [3.8, 4) is 0 Å². The molecule has 6 heteroatoms. The van der Waals surface area contributed by atoms with E-state index in [0.717, 1.165) is 18.8 Å². The van der Waals surface area contributed by atoms with Crippen molar-refractivity contribution in [2.75, 3.05) is 17.2 Å². The van der Waals surface area contributed by atoms with E-state index >= 15 is 0 Å². The van der Waals surface area contributed by atoms with Gasteiger partial charge in [-0.3, -0.25) is 0 Å². The molecule has 2 aromatic rings. The van der Waals surface area contributed by atoms with E-state index in [4.69, 9.17) is 23.2 Å². The summed E-state index contributed by atoms with van der Waals surface area (Å²) in [6, 6.07) is 7.06. The lowest BCUT2D eigenvalue weighted by Crippen LogP contribution is -2.03. The number of hydrogen-bond donors (Lipinski definition) is 2. The van der Waals surface area contributed by atoms with Gasteiger partial charge in [-0.25, -0.2) is 9.97 Å². The molecule has 0 saturated carbocycles. The summed E-state index contributed by atoms with van der Waals surface area (Å²) in [7, 11) is 0. The standard InChI is InChI=1S/C13H14Cl2N4/c1-2-5-16-12-7-13(18-8-17-12)19-11-6-9(14)3-4-10(11)15/h3-4,6-8H,2,5H2,1H3,(H2,16,17,18,19). The lowest BCUT2D eigenvalue weighted by Gasteiger charge is -2.09. The normalized spacial score (nSPS) is 10.3. The number of nitrogens with zero attached hydrogens (tertiary/aromatic N) is 2.